The number of nitrogens with one attached hydrogen (secondary N) is 1. The lowest BCUT2D eigenvalue weighted by atomic mass is 10.1. The summed E-state index contributed by atoms with van der Waals surface area (Å²) in [5.74, 6) is -1.61. The summed E-state index contributed by atoms with van der Waals surface area (Å²) in [7, 11) is 0. The SMILES string of the molecule is Cc1cccc(C)c1-n1nnnc1SCC(=O)N[C@@H](C)c1ccc(F)cc1F. The van der Waals surface area contributed by atoms with Crippen LogP contribution in [0.1, 0.15) is 29.7 Å². The zero-order chi connectivity index (χ0) is 20.3. The summed E-state index contributed by atoms with van der Waals surface area (Å²) in [4.78, 5) is 12.3. The van der Waals surface area contributed by atoms with Crippen molar-refractivity contribution in [1.82, 2.24) is 25.5 Å². The molecule has 28 heavy (non-hydrogen) atoms. The Labute approximate surface area is 165 Å². The minimum atomic E-state index is -0.695. The molecule has 3 aromatic rings. The van der Waals surface area contributed by atoms with E-state index in [1.54, 1.807) is 11.6 Å². The van der Waals surface area contributed by atoms with E-state index in [0.717, 1.165) is 28.9 Å². The van der Waals surface area contributed by atoms with Crippen LogP contribution in [0.25, 0.3) is 5.69 Å². The molecule has 0 aliphatic heterocycles. The molecule has 0 fully saturated rings. The van der Waals surface area contributed by atoms with Crippen LogP contribution >= 0.6 is 11.8 Å². The maximum Gasteiger partial charge on any atom is 0.230 e. The molecule has 1 atom stereocenters. The molecule has 0 saturated heterocycles. The molecule has 3 rings (SSSR count). The number of amides is 1. The number of benzene rings is 2. The molecule has 1 aromatic heterocycles. The van der Waals surface area contributed by atoms with Gasteiger partial charge in [-0.15, -0.1) is 5.10 Å². The van der Waals surface area contributed by atoms with Gasteiger partial charge in [-0.05, 0) is 48.4 Å². The minimum absolute atomic E-state index is 0.0540. The fraction of sp³-hybridized carbons (Fsp3) is 0.263. The average Bonchev–Trinajstić information content (AvgIpc) is 3.08. The van der Waals surface area contributed by atoms with Gasteiger partial charge < -0.3 is 5.32 Å². The van der Waals surface area contributed by atoms with Gasteiger partial charge in [-0.1, -0.05) is 36.0 Å². The van der Waals surface area contributed by atoms with Crippen molar-refractivity contribution in [3.8, 4) is 5.69 Å². The second kappa shape index (κ2) is 8.47. The maximum atomic E-state index is 13.9. The summed E-state index contributed by atoms with van der Waals surface area (Å²) in [5, 5.41) is 14.9. The third-order valence-electron chi connectivity index (χ3n) is 4.23. The molecule has 1 heterocycles. The molecule has 0 aliphatic carbocycles. The third kappa shape index (κ3) is 4.36. The highest BCUT2D eigenvalue weighted by Crippen LogP contribution is 2.24. The van der Waals surface area contributed by atoms with E-state index < -0.39 is 17.7 Å². The summed E-state index contributed by atoms with van der Waals surface area (Å²) in [6.45, 7) is 5.56. The average molecular weight is 403 g/mol. The summed E-state index contributed by atoms with van der Waals surface area (Å²) in [6, 6.07) is 8.57. The van der Waals surface area contributed by atoms with Gasteiger partial charge in [-0.2, -0.15) is 4.68 Å². The van der Waals surface area contributed by atoms with E-state index >= 15 is 0 Å². The van der Waals surface area contributed by atoms with E-state index in [-0.39, 0.29) is 17.2 Å². The number of para-hydroxylation sites is 1. The Kier molecular flexibility index (Phi) is 6.03. The fourth-order valence-corrected chi connectivity index (χ4v) is 3.58. The molecule has 0 bridgehead atoms. The van der Waals surface area contributed by atoms with E-state index in [1.165, 1.54) is 17.8 Å². The maximum absolute atomic E-state index is 13.9. The first-order valence-corrected chi connectivity index (χ1v) is 9.57. The Balaban J connectivity index is 1.67. The molecule has 0 unspecified atom stereocenters. The summed E-state index contributed by atoms with van der Waals surface area (Å²) < 4.78 is 28.5. The van der Waals surface area contributed by atoms with E-state index in [2.05, 4.69) is 20.8 Å². The molecule has 1 N–H and O–H groups in total. The lowest BCUT2D eigenvalue weighted by molar-refractivity contribution is -0.119. The van der Waals surface area contributed by atoms with E-state index in [9.17, 15) is 13.6 Å². The Morgan fingerprint density at radius 2 is 1.93 bits per heavy atom. The van der Waals surface area contributed by atoms with Crippen molar-refractivity contribution in [2.45, 2.75) is 32.0 Å². The van der Waals surface area contributed by atoms with Crippen LogP contribution in [-0.2, 0) is 4.79 Å². The largest absolute Gasteiger partial charge is 0.349 e. The lowest BCUT2D eigenvalue weighted by Crippen LogP contribution is -2.28. The molecule has 146 valence electrons. The number of thioether (sulfide) groups is 1. The highest BCUT2D eigenvalue weighted by molar-refractivity contribution is 7.99. The van der Waals surface area contributed by atoms with Crippen LogP contribution in [0.5, 0.6) is 0 Å². The van der Waals surface area contributed by atoms with Crippen LogP contribution in [-0.4, -0.2) is 31.9 Å². The van der Waals surface area contributed by atoms with Crippen LogP contribution in [0, 0.1) is 25.5 Å². The number of carbonyl (C=O) groups excluding carboxylic acids is 1. The molecule has 1 amide bonds. The first kappa shape index (κ1) is 19.9. The number of aromatic nitrogens is 4. The molecule has 0 radical (unpaired) electrons. The van der Waals surface area contributed by atoms with Crippen molar-refractivity contribution in [2.24, 2.45) is 0 Å². The van der Waals surface area contributed by atoms with Gasteiger partial charge in [0.15, 0.2) is 0 Å². The quantitative estimate of drug-likeness (QED) is 0.638. The smallest absolute Gasteiger partial charge is 0.230 e. The predicted octanol–water partition coefficient (Wildman–Crippen LogP) is 3.53. The minimum Gasteiger partial charge on any atom is -0.349 e. The molecule has 9 heteroatoms. The monoisotopic (exact) mass is 403 g/mol. The van der Waals surface area contributed by atoms with Gasteiger partial charge in [0.2, 0.25) is 11.1 Å². The Morgan fingerprint density at radius 3 is 2.61 bits per heavy atom. The molecule has 0 aliphatic rings. The summed E-state index contributed by atoms with van der Waals surface area (Å²) in [6.07, 6.45) is 0. The summed E-state index contributed by atoms with van der Waals surface area (Å²) in [5.41, 5.74) is 3.12. The van der Waals surface area contributed by atoms with Gasteiger partial charge in [0, 0.05) is 11.6 Å². The first-order chi connectivity index (χ1) is 13.4. The fourth-order valence-electron chi connectivity index (χ4n) is 2.89. The standard InChI is InChI=1S/C19H19F2N5OS/c1-11-5-4-6-12(2)18(11)26-19(23-24-25-26)28-10-17(27)22-13(3)15-8-7-14(20)9-16(15)21/h4-9,13H,10H2,1-3H3,(H,22,27)/t13-/m0/s1. The Morgan fingerprint density at radius 1 is 1.21 bits per heavy atom. The van der Waals surface area contributed by atoms with Gasteiger partial charge in [0.05, 0.1) is 17.5 Å². The lowest BCUT2D eigenvalue weighted by Gasteiger charge is -2.15. The number of carbonyl (C=O) groups is 1. The summed E-state index contributed by atoms with van der Waals surface area (Å²) >= 11 is 1.18. The number of tetrazole rings is 1. The highest BCUT2D eigenvalue weighted by Gasteiger charge is 2.17. The number of rotatable bonds is 6. The van der Waals surface area contributed by atoms with Gasteiger partial charge in [0.25, 0.3) is 0 Å². The second-order valence-corrected chi connectivity index (χ2v) is 7.30. The number of hydrogen-bond donors (Lipinski definition) is 1. The molecule has 2 aromatic carbocycles. The number of hydrogen-bond acceptors (Lipinski definition) is 5. The van der Waals surface area contributed by atoms with Crippen LogP contribution in [0.3, 0.4) is 0 Å². The van der Waals surface area contributed by atoms with Crippen molar-refractivity contribution in [3.63, 3.8) is 0 Å². The Bertz CT molecular complexity index is 987. The van der Waals surface area contributed by atoms with Crippen LogP contribution in [0.15, 0.2) is 41.6 Å². The van der Waals surface area contributed by atoms with Gasteiger partial charge in [0.1, 0.15) is 11.6 Å². The van der Waals surface area contributed by atoms with E-state index in [1.807, 2.05) is 32.0 Å². The van der Waals surface area contributed by atoms with Gasteiger partial charge in [-0.25, -0.2) is 8.78 Å². The van der Waals surface area contributed by atoms with Crippen molar-refractivity contribution >= 4 is 17.7 Å². The molecule has 0 spiro atoms. The normalized spacial score (nSPS) is 12.0. The molecular weight excluding hydrogens is 384 g/mol. The highest BCUT2D eigenvalue weighted by atomic mass is 32.2. The van der Waals surface area contributed by atoms with Crippen LogP contribution in [0.4, 0.5) is 8.78 Å². The zero-order valence-electron chi connectivity index (χ0n) is 15.6. The second-order valence-electron chi connectivity index (χ2n) is 6.36. The molecule has 6 nitrogen and oxygen atoms in total. The van der Waals surface area contributed by atoms with Crippen molar-refractivity contribution in [3.05, 3.63) is 64.7 Å². The number of aryl methyl sites for hydroxylation is 2. The van der Waals surface area contributed by atoms with Crippen LogP contribution in [0.2, 0.25) is 0 Å². The Hall–Kier alpha value is -2.81. The van der Waals surface area contributed by atoms with Gasteiger partial charge in [-0.3, -0.25) is 4.79 Å². The van der Waals surface area contributed by atoms with Crippen molar-refractivity contribution in [1.29, 1.82) is 0 Å². The first-order valence-electron chi connectivity index (χ1n) is 8.59. The van der Waals surface area contributed by atoms with Crippen LogP contribution < -0.4 is 5.32 Å². The third-order valence-corrected chi connectivity index (χ3v) is 5.15. The molecular formula is C19H19F2N5OS. The van der Waals surface area contributed by atoms with Crippen molar-refractivity contribution in [2.75, 3.05) is 5.75 Å². The van der Waals surface area contributed by atoms with E-state index in [0.29, 0.717) is 5.16 Å². The van der Waals surface area contributed by atoms with E-state index in [4.69, 9.17) is 0 Å². The number of halogens is 2. The topological polar surface area (TPSA) is 72.7 Å². The predicted molar refractivity (Wildman–Crippen MR) is 102 cm³/mol. The number of nitrogens with zero attached hydrogens (tertiary/aromatic N) is 4. The molecule has 0 saturated carbocycles. The van der Waals surface area contributed by atoms with Gasteiger partial charge >= 0.3 is 0 Å². The van der Waals surface area contributed by atoms with Crippen molar-refractivity contribution < 1.29 is 13.6 Å². The zero-order valence-corrected chi connectivity index (χ0v) is 16.4.